The van der Waals surface area contributed by atoms with Gasteiger partial charge >= 0.3 is 0 Å². The summed E-state index contributed by atoms with van der Waals surface area (Å²) in [6.07, 6.45) is 5.22. The first kappa shape index (κ1) is 21.8. The molecule has 3 aliphatic rings. The van der Waals surface area contributed by atoms with Crippen molar-refractivity contribution in [2.75, 3.05) is 33.4 Å². The van der Waals surface area contributed by atoms with Gasteiger partial charge in [-0.1, -0.05) is 18.9 Å². The van der Waals surface area contributed by atoms with E-state index in [0.29, 0.717) is 44.7 Å². The standard InChI is InChI=1S/C27H31NO5/c1-31-22-7-4-19(5-8-22)25(29)20-10-14-28(15-11-20)26(30)27(12-2-3-13-27)21-6-9-23-24(18-21)33-17-16-32-23/h4-9,18,20H,2-3,10-17H2,1H3. The molecule has 6 heteroatoms. The zero-order valence-electron chi connectivity index (χ0n) is 19.2. The van der Waals surface area contributed by atoms with E-state index >= 15 is 0 Å². The van der Waals surface area contributed by atoms with E-state index < -0.39 is 5.41 Å². The number of nitrogens with zero attached hydrogens (tertiary/aromatic N) is 1. The van der Waals surface area contributed by atoms with Crippen molar-refractivity contribution in [3.8, 4) is 17.2 Å². The van der Waals surface area contributed by atoms with Crippen molar-refractivity contribution in [2.45, 2.75) is 43.9 Å². The molecule has 2 aromatic rings. The average molecular weight is 450 g/mol. The van der Waals surface area contributed by atoms with E-state index in [0.717, 1.165) is 48.5 Å². The summed E-state index contributed by atoms with van der Waals surface area (Å²) in [5, 5.41) is 0. The molecule has 33 heavy (non-hydrogen) atoms. The summed E-state index contributed by atoms with van der Waals surface area (Å²) >= 11 is 0. The maximum Gasteiger partial charge on any atom is 0.233 e. The number of ketones is 1. The molecule has 1 saturated carbocycles. The van der Waals surface area contributed by atoms with Crippen molar-refractivity contribution in [2.24, 2.45) is 5.92 Å². The first-order chi connectivity index (χ1) is 16.1. The van der Waals surface area contributed by atoms with Crippen molar-refractivity contribution in [3.05, 3.63) is 53.6 Å². The zero-order valence-corrected chi connectivity index (χ0v) is 19.2. The van der Waals surface area contributed by atoms with E-state index in [1.807, 2.05) is 47.4 Å². The normalized spacial score (nSPS) is 19.8. The Bertz CT molecular complexity index is 1020. The number of benzene rings is 2. The van der Waals surface area contributed by atoms with Crippen LogP contribution in [0.25, 0.3) is 0 Å². The molecule has 0 N–H and O–H groups in total. The lowest BCUT2D eigenvalue weighted by molar-refractivity contribution is -0.138. The Kier molecular flexibility index (Phi) is 6.00. The maximum atomic E-state index is 13.9. The maximum absolute atomic E-state index is 13.9. The van der Waals surface area contributed by atoms with Crippen LogP contribution in [0.15, 0.2) is 42.5 Å². The van der Waals surface area contributed by atoms with Crippen LogP contribution in [0.1, 0.15) is 54.4 Å². The molecule has 1 aliphatic carbocycles. The Morgan fingerprint density at radius 1 is 0.939 bits per heavy atom. The molecule has 0 unspecified atom stereocenters. The van der Waals surface area contributed by atoms with Gasteiger partial charge in [0.05, 0.1) is 12.5 Å². The molecule has 0 radical (unpaired) electrons. The van der Waals surface area contributed by atoms with Crippen LogP contribution in [0.3, 0.4) is 0 Å². The molecule has 174 valence electrons. The zero-order chi connectivity index (χ0) is 22.8. The largest absolute Gasteiger partial charge is 0.497 e. The van der Waals surface area contributed by atoms with Gasteiger partial charge in [-0.2, -0.15) is 0 Å². The summed E-state index contributed by atoms with van der Waals surface area (Å²) in [7, 11) is 1.62. The minimum atomic E-state index is -0.497. The van der Waals surface area contributed by atoms with Gasteiger partial charge in [-0.3, -0.25) is 9.59 Å². The van der Waals surface area contributed by atoms with Crippen LogP contribution in [0.4, 0.5) is 0 Å². The summed E-state index contributed by atoms with van der Waals surface area (Å²) < 4.78 is 16.7. The molecule has 5 rings (SSSR count). The van der Waals surface area contributed by atoms with Crippen LogP contribution in [-0.2, 0) is 10.2 Å². The van der Waals surface area contributed by atoms with Gasteiger partial charge in [-0.05, 0) is 67.6 Å². The summed E-state index contributed by atoms with van der Waals surface area (Å²) in [6.45, 7) is 2.34. The molecule has 1 saturated heterocycles. The Morgan fingerprint density at radius 2 is 1.61 bits per heavy atom. The van der Waals surface area contributed by atoms with Gasteiger partial charge in [0.15, 0.2) is 17.3 Å². The second-order valence-electron chi connectivity index (χ2n) is 9.31. The van der Waals surface area contributed by atoms with Gasteiger partial charge in [0.2, 0.25) is 5.91 Å². The van der Waals surface area contributed by atoms with Crippen LogP contribution in [-0.4, -0.2) is 50.0 Å². The Balaban J connectivity index is 1.29. The van der Waals surface area contributed by atoms with E-state index in [9.17, 15) is 9.59 Å². The number of ether oxygens (including phenoxy) is 3. The molecule has 0 aromatic heterocycles. The first-order valence-electron chi connectivity index (χ1n) is 12.0. The third-order valence-electron chi connectivity index (χ3n) is 7.49. The lowest BCUT2D eigenvalue weighted by atomic mass is 9.76. The van der Waals surface area contributed by atoms with Gasteiger partial charge < -0.3 is 19.1 Å². The van der Waals surface area contributed by atoms with E-state index in [-0.39, 0.29) is 17.6 Å². The van der Waals surface area contributed by atoms with Crippen molar-refractivity contribution < 1.29 is 23.8 Å². The third kappa shape index (κ3) is 4.07. The molecule has 2 fully saturated rings. The topological polar surface area (TPSA) is 65.1 Å². The number of piperidine rings is 1. The number of likely N-dealkylation sites (tertiary alicyclic amines) is 1. The molecule has 0 atom stereocenters. The fourth-order valence-corrected chi connectivity index (χ4v) is 5.58. The molecule has 2 aliphatic heterocycles. The number of carbonyl (C=O) groups excluding carboxylic acids is 2. The molecule has 2 heterocycles. The average Bonchev–Trinajstić information content (AvgIpc) is 3.39. The van der Waals surface area contributed by atoms with Crippen LogP contribution in [0, 0.1) is 5.92 Å². The number of hydrogen-bond donors (Lipinski definition) is 0. The number of Topliss-reactive ketones (excluding diaryl/α,β-unsaturated/α-hetero) is 1. The van der Waals surface area contributed by atoms with Gasteiger partial charge in [0, 0.05) is 24.6 Å². The number of rotatable bonds is 5. The lowest BCUT2D eigenvalue weighted by Gasteiger charge is -2.39. The van der Waals surface area contributed by atoms with E-state index in [2.05, 4.69) is 0 Å². The van der Waals surface area contributed by atoms with Gasteiger partial charge in [0.1, 0.15) is 19.0 Å². The van der Waals surface area contributed by atoms with Gasteiger partial charge in [-0.15, -0.1) is 0 Å². The molecular weight excluding hydrogens is 418 g/mol. The predicted octanol–water partition coefficient (Wildman–Crippen LogP) is 4.40. The highest BCUT2D eigenvalue weighted by Crippen LogP contribution is 2.46. The quantitative estimate of drug-likeness (QED) is 0.633. The number of fused-ring (bicyclic) bond motifs is 1. The number of hydrogen-bond acceptors (Lipinski definition) is 5. The van der Waals surface area contributed by atoms with Crippen LogP contribution < -0.4 is 14.2 Å². The molecule has 6 nitrogen and oxygen atoms in total. The van der Waals surface area contributed by atoms with Crippen molar-refractivity contribution >= 4 is 11.7 Å². The molecule has 0 spiro atoms. The summed E-state index contributed by atoms with van der Waals surface area (Å²) in [5.41, 5.74) is 1.25. The Hall–Kier alpha value is -3.02. The highest BCUT2D eigenvalue weighted by atomic mass is 16.6. The summed E-state index contributed by atoms with van der Waals surface area (Å²) in [4.78, 5) is 28.8. The molecule has 0 bridgehead atoms. The number of methoxy groups -OCH3 is 1. The summed E-state index contributed by atoms with van der Waals surface area (Å²) in [5.74, 6) is 2.55. The smallest absolute Gasteiger partial charge is 0.233 e. The number of carbonyl (C=O) groups is 2. The van der Waals surface area contributed by atoms with Crippen LogP contribution >= 0.6 is 0 Å². The fourth-order valence-electron chi connectivity index (χ4n) is 5.58. The van der Waals surface area contributed by atoms with E-state index in [1.165, 1.54) is 0 Å². The molecule has 1 amide bonds. The Morgan fingerprint density at radius 3 is 2.27 bits per heavy atom. The minimum absolute atomic E-state index is 0.0451. The van der Waals surface area contributed by atoms with Gasteiger partial charge in [0.25, 0.3) is 0 Å². The second kappa shape index (κ2) is 9.08. The summed E-state index contributed by atoms with van der Waals surface area (Å²) in [6, 6.07) is 13.3. The first-order valence-corrected chi connectivity index (χ1v) is 12.0. The highest BCUT2D eigenvalue weighted by molar-refractivity contribution is 5.98. The number of amides is 1. The van der Waals surface area contributed by atoms with Crippen LogP contribution in [0.5, 0.6) is 17.2 Å². The van der Waals surface area contributed by atoms with Crippen molar-refractivity contribution in [3.63, 3.8) is 0 Å². The van der Waals surface area contributed by atoms with E-state index in [1.54, 1.807) is 7.11 Å². The SMILES string of the molecule is COc1ccc(C(=O)C2CCN(C(=O)C3(c4ccc5c(c4)OCCO5)CCCC3)CC2)cc1. The highest BCUT2D eigenvalue weighted by Gasteiger charge is 2.46. The lowest BCUT2D eigenvalue weighted by Crippen LogP contribution is -2.49. The third-order valence-corrected chi connectivity index (χ3v) is 7.49. The van der Waals surface area contributed by atoms with Gasteiger partial charge in [-0.25, -0.2) is 0 Å². The van der Waals surface area contributed by atoms with E-state index in [4.69, 9.17) is 14.2 Å². The Labute approximate surface area is 194 Å². The van der Waals surface area contributed by atoms with Crippen molar-refractivity contribution in [1.82, 2.24) is 4.90 Å². The van der Waals surface area contributed by atoms with Crippen molar-refractivity contribution in [1.29, 1.82) is 0 Å². The molecular formula is C27H31NO5. The predicted molar refractivity (Wildman–Crippen MR) is 124 cm³/mol. The van der Waals surface area contributed by atoms with Crippen LogP contribution in [0.2, 0.25) is 0 Å². The molecule has 2 aromatic carbocycles. The fraction of sp³-hybridized carbons (Fsp3) is 0.481. The monoisotopic (exact) mass is 449 g/mol. The minimum Gasteiger partial charge on any atom is -0.497 e. The second-order valence-corrected chi connectivity index (χ2v) is 9.31.